The van der Waals surface area contributed by atoms with Crippen LogP contribution in [0.2, 0.25) is 0 Å². The number of nitrogens with two attached hydrogens (primary N) is 1. The van der Waals surface area contributed by atoms with Gasteiger partial charge < -0.3 is 10.3 Å². The zero-order valence-corrected chi connectivity index (χ0v) is 7.82. The number of hydrogen-bond donors (Lipinski definition) is 1. The Morgan fingerprint density at radius 1 is 1.31 bits per heavy atom. The molecule has 0 unspecified atom stereocenters. The summed E-state index contributed by atoms with van der Waals surface area (Å²) < 4.78 is 41.8. The molecule has 0 saturated carbocycles. The summed E-state index contributed by atoms with van der Waals surface area (Å²) in [5.41, 5.74) is 5.28. The average molecular weight is 229 g/mol. The number of hydrogen-bond acceptors (Lipinski definition) is 4. The van der Waals surface area contributed by atoms with Gasteiger partial charge in [0.05, 0.1) is 5.56 Å². The molecule has 0 aliphatic carbocycles. The lowest BCUT2D eigenvalue weighted by Crippen LogP contribution is -2.05. The lowest BCUT2D eigenvalue weighted by molar-refractivity contribution is -0.154. The van der Waals surface area contributed by atoms with Gasteiger partial charge in [-0.25, -0.2) is 0 Å². The zero-order chi connectivity index (χ0) is 11.8. The molecule has 0 bridgehead atoms. The van der Waals surface area contributed by atoms with E-state index in [4.69, 9.17) is 5.73 Å². The van der Waals surface area contributed by atoms with Gasteiger partial charge in [0.15, 0.2) is 5.82 Å². The van der Waals surface area contributed by atoms with Crippen molar-refractivity contribution in [2.75, 3.05) is 5.73 Å². The third kappa shape index (κ3) is 1.71. The average Bonchev–Trinajstić information content (AvgIpc) is 2.61. The molecule has 2 N–H and O–H groups in total. The molecule has 16 heavy (non-hydrogen) atoms. The van der Waals surface area contributed by atoms with Crippen LogP contribution < -0.4 is 5.73 Å². The lowest BCUT2D eigenvalue weighted by Gasteiger charge is -2.04. The van der Waals surface area contributed by atoms with Crippen LogP contribution in [-0.2, 0) is 6.18 Å². The van der Waals surface area contributed by atoms with E-state index in [2.05, 4.69) is 14.7 Å². The number of nitrogen functional groups attached to an aromatic ring is 1. The molecule has 4 nitrogen and oxygen atoms in total. The summed E-state index contributed by atoms with van der Waals surface area (Å²) in [5, 5.41) is 3.11. The number of alkyl halides is 3. The summed E-state index contributed by atoms with van der Waals surface area (Å²) in [4.78, 5) is 3.71. The second-order valence-electron chi connectivity index (χ2n) is 3.01. The second-order valence-corrected chi connectivity index (χ2v) is 3.01. The molecule has 0 aliphatic heterocycles. The fraction of sp³-hybridized carbons (Fsp3) is 0.111. The Morgan fingerprint density at radius 2 is 2.06 bits per heavy atom. The minimum absolute atomic E-state index is 0.216. The first-order valence-corrected chi connectivity index (χ1v) is 4.23. The predicted octanol–water partition coefficient (Wildman–Crippen LogP) is 2.34. The summed E-state index contributed by atoms with van der Waals surface area (Å²) in [7, 11) is 0. The third-order valence-corrected chi connectivity index (χ3v) is 1.93. The summed E-state index contributed by atoms with van der Waals surface area (Å²) in [6.45, 7) is 0. The van der Waals surface area contributed by atoms with E-state index in [0.717, 1.165) is 0 Å². The van der Waals surface area contributed by atoms with Crippen LogP contribution in [0.3, 0.4) is 0 Å². The summed E-state index contributed by atoms with van der Waals surface area (Å²) >= 11 is 0. The van der Waals surface area contributed by atoms with Crippen molar-refractivity contribution in [1.82, 2.24) is 10.1 Å². The zero-order valence-electron chi connectivity index (χ0n) is 7.82. The first-order chi connectivity index (χ1) is 7.50. The van der Waals surface area contributed by atoms with Gasteiger partial charge in [-0.2, -0.15) is 13.2 Å². The molecule has 0 atom stereocenters. The molecule has 7 heteroatoms. The molecule has 2 heterocycles. The Morgan fingerprint density at radius 3 is 2.62 bits per heavy atom. The van der Waals surface area contributed by atoms with Gasteiger partial charge in [0.1, 0.15) is 0 Å². The molecule has 0 radical (unpaired) electrons. The topological polar surface area (TPSA) is 64.9 Å². The predicted molar refractivity (Wildman–Crippen MR) is 49.1 cm³/mol. The first-order valence-electron chi connectivity index (χ1n) is 4.23. The van der Waals surface area contributed by atoms with Crippen LogP contribution in [0.5, 0.6) is 0 Å². The van der Waals surface area contributed by atoms with E-state index in [0.29, 0.717) is 0 Å². The Labute approximate surface area is 87.9 Å². The van der Waals surface area contributed by atoms with Crippen LogP contribution in [0.1, 0.15) is 5.76 Å². The molecule has 0 spiro atoms. The van der Waals surface area contributed by atoms with Crippen molar-refractivity contribution in [1.29, 1.82) is 0 Å². The smallest absolute Gasteiger partial charge is 0.380 e. The van der Waals surface area contributed by atoms with E-state index in [-0.39, 0.29) is 16.9 Å². The standard InChI is InChI=1S/C9H6F3N3O/c10-9(11,12)7-6(8(13)15-16-7)5-2-1-3-14-4-5/h1-4H,(H2,13,15). The van der Waals surface area contributed by atoms with Gasteiger partial charge >= 0.3 is 6.18 Å². The summed E-state index contributed by atoms with van der Waals surface area (Å²) in [5.74, 6) is -1.52. The van der Waals surface area contributed by atoms with Gasteiger partial charge in [-0.15, -0.1) is 0 Å². The first kappa shape index (κ1) is 10.5. The van der Waals surface area contributed by atoms with Crippen molar-refractivity contribution >= 4 is 5.82 Å². The Bertz CT molecular complexity index is 492. The molecule has 0 aliphatic rings. The van der Waals surface area contributed by atoms with Gasteiger partial charge in [-0.05, 0) is 6.07 Å². The van der Waals surface area contributed by atoms with Gasteiger partial charge in [0, 0.05) is 18.0 Å². The Kier molecular flexibility index (Phi) is 2.30. The number of nitrogens with zero attached hydrogens (tertiary/aromatic N) is 2. The number of pyridine rings is 1. The molecule has 0 fully saturated rings. The SMILES string of the molecule is Nc1noc(C(F)(F)F)c1-c1cccnc1. The normalized spacial score (nSPS) is 11.7. The molecule has 84 valence electrons. The maximum atomic E-state index is 12.5. The van der Waals surface area contributed by atoms with Crippen LogP contribution in [-0.4, -0.2) is 10.1 Å². The maximum absolute atomic E-state index is 12.5. The molecule has 0 amide bonds. The summed E-state index contributed by atoms with van der Waals surface area (Å²) in [6, 6.07) is 2.95. The van der Waals surface area contributed by atoms with E-state index >= 15 is 0 Å². The summed E-state index contributed by atoms with van der Waals surface area (Å²) in [6.07, 6.45) is -1.92. The second kappa shape index (κ2) is 3.51. The monoisotopic (exact) mass is 229 g/mol. The molecule has 2 aromatic rings. The number of anilines is 1. The fourth-order valence-electron chi connectivity index (χ4n) is 1.29. The molecular formula is C9H6F3N3O. The lowest BCUT2D eigenvalue weighted by atomic mass is 10.1. The van der Waals surface area contributed by atoms with Gasteiger partial charge in [-0.3, -0.25) is 4.98 Å². The molecule has 0 aromatic carbocycles. The third-order valence-electron chi connectivity index (χ3n) is 1.93. The fourth-order valence-corrected chi connectivity index (χ4v) is 1.29. The van der Waals surface area contributed by atoms with Crippen molar-refractivity contribution in [2.45, 2.75) is 6.18 Å². The van der Waals surface area contributed by atoms with Crippen LogP contribution in [0, 0.1) is 0 Å². The van der Waals surface area contributed by atoms with E-state index in [1.54, 1.807) is 0 Å². The van der Waals surface area contributed by atoms with Crippen molar-refractivity contribution in [2.24, 2.45) is 0 Å². The molecule has 2 rings (SSSR count). The molecular weight excluding hydrogens is 223 g/mol. The van der Waals surface area contributed by atoms with Gasteiger partial charge in [0.2, 0.25) is 0 Å². The van der Waals surface area contributed by atoms with Crippen molar-refractivity contribution < 1.29 is 17.7 Å². The van der Waals surface area contributed by atoms with Gasteiger partial charge in [-0.1, -0.05) is 11.2 Å². The van der Waals surface area contributed by atoms with Crippen molar-refractivity contribution in [3.8, 4) is 11.1 Å². The van der Waals surface area contributed by atoms with Crippen LogP contribution in [0.15, 0.2) is 29.0 Å². The van der Waals surface area contributed by atoms with Crippen molar-refractivity contribution in [3.63, 3.8) is 0 Å². The van der Waals surface area contributed by atoms with Gasteiger partial charge in [0.25, 0.3) is 5.76 Å². The largest absolute Gasteiger partial charge is 0.453 e. The number of halogens is 3. The van der Waals surface area contributed by atoms with Crippen LogP contribution >= 0.6 is 0 Å². The Hall–Kier alpha value is -2.05. The van der Waals surface area contributed by atoms with Crippen LogP contribution in [0.4, 0.5) is 19.0 Å². The minimum atomic E-state index is -4.63. The highest BCUT2D eigenvalue weighted by atomic mass is 19.4. The highest BCUT2D eigenvalue weighted by Gasteiger charge is 2.40. The van der Waals surface area contributed by atoms with E-state index < -0.39 is 11.9 Å². The van der Waals surface area contributed by atoms with E-state index in [1.807, 2.05) is 0 Å². The minimum Gasteiger partial charge on any atom is -0.380 e. The number of aromatic nitrogens is 2. The quantitative estimate of drug-likeness (QED) is 0.815. The highest BCUT2D eigenvalue weighted by Crippen LogP contribution is 2.39. The highest BCUT2D eigenvalue weighted by molar-refractivity contribution is 5.75. The van der Waals surface area contributed by atoms with Crippen molar-refractivity contribution in [3.05, 3.63) is 30.3 Å². The molecule has 0 saturated heterocycles. The maximum Gasteiger partial charge on any atom is 0.453 e. The number of rotatable bonds is 1. The van der Waals surface area contributed by atoms with E-state index in [9.17, 15) is 13.2 Å². The molecule has 2 aromatic heterocycles. The van der Waals surface area contributed by atoms with E-state index in [1.165, 1.54) is 24.5 Å². The Balaban J connectivity index is 2.61. The van der Waals surface area contributed by atoms with Crippen LogP contribution in [0.25, 0.3) is 11.1 Å².